The Bertz CT molecular complexity index is 430. The van der Waals surface area contributed by atoms with Gasteiger partial charge < -0.3 is 19.9 Å². The van der Waals surface area contributed by atoms with Crippen LogP contribution in [0.1, 0.15) is 39.7 Å². The van der Waals surface area contributed by atoms with Crippen LogP contribution in [0.25, 0.3) is 0 Å². The van der Waals surface area contributed by atoms with Crippen LogP contribution in [0, 0.1) is 5.92 Å². The normalized spacial score (nSPS) is 14.0. The quantitative estimate of drug-likeness (QED) is 0.735. The lowest BCUT2D eigenvalue weighted by molar-refractivity contribution is 0.00743. The number of ether oxygens (including phenoxy) is 2. The lowest BCUT2D eigenvalue weighted by Gasteiger charge is -2.23. The highest BCUT2D eigenvalue weighted by Gasteiger charge is 2.20. The highest BCUT2D eigenvalue weighted by atomic mass is 16.5. The van der Waals surface area contributed by atoms with Crippen molar-refractivity contribution >= 4 is 0 Å². The number of benzene rings is 1. The Kier molecular flexibility index (Phi) is 6.99. The zero-order chi connectivity index (χ0) is 15.9. The van der Waals surface area contributed by atoms with Crippen molar-refractivity contribution in [1.29, 1.82) is 0 Å². The minimum Gasteiger partial charge on any atom is -0.493 e. The molecule has 0 aromatic heterocycles. The van der Waals surface area contributed by atoms with Crippen molar-refractivity contribution in [3.8, 4) is 11.5 Å². The molecule has 1 unspecified atom stereocenters. The summed E-state index contributed by atoms with van der Waals surface area (Å²) in [5.74, 6) is 2.01. The monoisotopic (exact) mass is 295 g/mol. The topological polar surface area (TPSA) is 50.7 Å². The molecule has 0 bridgehead atoms. The number of hydrogen-bond acceptors (Lipinski definition) is 4. The van der Waals surface area contributed by atoms with Crippen molar-refractivity contribution < 1.29 is 14.6 Å². The van der Waals surface area contributed by atoms with Crippen molar-refractivity contribution in [2.24, 2.45) is 5.92 Å². The zero-order valence-electron chi connectivity index (χ0n) is 13.9. The van der Waals surface area contributed by atoms with Crippen molar-refractivity contribution in [1.82, 2.24) is 5.32 Å². The molecule has 0 amide bonds. The molecule has 0 radical (unpaired) electrons. The standard InChI is InChI=1S/C17H29NO3/c1-6-17(4,19)12-21-16-14(11-18-10-13(2)3)8-7-9-15(16)20-5/h7-9,13,18-19H,6,10-12H2,1-5H3. The minimum absolute atomic E-state index is 0.251. The average molecular weight is 295 g/mol. The Morgan fingerprint density at radius 2 is 2.05 bits per heavy atom. The molecule has 120 valence electrons. The molecule has 0 heterocycles. The molecular formula is C17H29NO3. The molecule has 0 aliphatic heterocycles. The summed E-state index contributed by atoms with van der Waals surface area (Å²) < 4.78 is 11.2. The predicted octanol–water partition coefficient (Wildman–Crippen LogP) is 2.98. The van der Waals surface area contributed by atoms with Gasteiger partial charge in [-0.1, -0.05) is 32.9 Å². The summed E-state index contributed by atoms with van der Waals surface area (Å²) in [6, 6.07) is 5.85. The first-order valence-corrected chi connectivity index (χ1v) is 7.61. The van der Waals surface area contributed by atoms with E-state index in [4.69, 9.17) is 9.47 Å². The number of para-hydroxylation sites is 1. The van der Waals surface area contributed by atoms with Crippen molar-refractivity contribution in [3.05, 3.63) is 23.8 Å². The fourth-order valence-electron chi connectivity index (χ4n) is 1.85. The molecule has 0 fully saturated rings. The molecule has 0 aliphatic carbocycles. The molecule has 0 saturated heterocycles. The molecule has 0 spiro atoms. The number of aliphatic hydroxyl groups is 1. The first-order chi connectivity index (χ1) is 9.89. The molecule has 21 heavy (non-hydrogen) atoms. The van der Waals surface area contributed by atoms with Gasteiger partial charge in [-0.15, -0.1) is 0 Å². The average Bonchev–Trinajstić information content (AvgIpc) is 2.45. The van der Waals surface area contributed by atoms with Crippen LogP contribution in [-0.2, 0) is 6.54 Å². The maximum Gasteiger partial charge on any atom is 0.165 e. The van der Waals surface area contributed by atoms with Crippen LogP contribution in [0.2, 0.25) is 0 Å². The Balaban J connectivity index is 2.82. The maximum absolute atomic E-state index is 10.1. The van der Waals surface area contributed by atoms with Crippen molar-refractivity contribution in [2.75, 3.05) is 20.3 Å². The smallest absolute Gasteiger partial charge is 0.165 e. The van der Waals surface area contributed by atoms with Crippen LogP contribution in [0.4, 0.5) is 0 Å². The molecule has 2 N–H and O–H groups in total. The van der Waals surface area contributed by atoms with Crippen molar-refractivity contribution in [3.63, 3.8) is 0 Å². The Morgan fingerprint density at radius 3 is 2.62 bits per heavy atom. The third-order valence-corrected chi connectivity index (χ3v) is 3.44. The minimum atomic E-state index is -0.830. The Hall–Kier alpha value is -1.26. The summed E-state index contributed by atoms with van der Waals surface area (Å²) in [5.41, 5.74) is 0.214. The fraction of sp³-hybridized carbons (Fsp3) is 0.647. The summed E-state index contributed by atoms with van der Waals surface area (Å²) in [6.07, 6.45) is 0.642. The zero-order valence-corrected chi connectivity index (χ0v) is 13.9. The van der Waals surface area contributed by atoms with E-state index in [2.05, 4.69) is 19.2 Å². The van der Waals surface area contributed by atoms with Crippen LogP contribution in [0.15, 0.2) is 18.2 Å². The second kappa shape index (κ2) is 8.25. The Labute approximate surface area is 128 Å². The van der Waals surface area contributed by atoms with Crippen molar-refractivity contribution in [2.45, 2.75) is 46.3 Å². The second-order valence-corrected chi connectivity index (χ2v) is 6.11. The van der Waals surface area contributed by atoms with E-state index in [0.29, 0.717) is 23.8 Å². The van der Waals surface area contributed by atoms with Gasteiger partial charge in [0.05, 0.1) is 12.7 Å². The molecule has 0 saturated carbocycles. The van der Waals surface area contributed by atoms with E-state index >= 15 is 0 Å². The predicted molar refractivity (Wildman–Crippen MR) is 85.9 cm³/mol. The first kappa shape index (κ1) is 17.8. The van der Waals surface area contributed by atoms with Crippen LogP contribution < -0.4 is 14.8 Å². The van der Waals surface area contributed by atoms with Gasteiger partial charge in [-0.05, 0) is 31.9 Å². The second-order valence-electron chi connectivity index (χ2n) is 6.11. The van der Waals surface area contributed by atoms with Gasteiger partial charge in [0, 0.05) is 12.1 Å². The maximum atomic E-state index is 10.1. The molecule has 4 nitrogen and oxygen atoms in total. The molecular weight excluding hydrogens is 266 g/mol. The van der Waals surface area contributed by atoms with E-state index in [9.17, 15) is 5.11 Å². The van der Waals surface area contributed by atoms with Gasteiger partial charge in [-0.25, -0.2) is 0 Å². The number of nitrogens with one attached hydrogen (secondary N) is 1. The third kappa shape index (κ3) is 5.94. The SMILES string of the molecule is CCC(C)(O)COc1c(CNCC(C)C)cccc1OC. The van der Waals surface area contributed by atoms with Gasteiger partial charge in [0.25, 0.3) is 0 Å². The molecule has 1 atom stereocenters. The summed E-state index contributed by atoms with van der Waals surface area (Å²) in [4.78, 5) is 0. The van der Waals surface area contributed by atoms with Crippen LogP contribution >= 0.6 is 0 Å². The van der Waals surface area contributed by atoms with Crippen LogP contribution in [0.3, 0.4) is 0 Å². The van der Waals surface area contributed by atoms with Gasteiger partial charge in [0.15, 0.2) is 11.5 Å². The summed E-state index contributed by atoms with van der Waals surface area (Å²) in [5, 5.41) is 13.5. The summed E-state index contributed by atoms with van der Waals surface area (Å²) in [7, 11) is 1.63. The van der Waals surface area contributed by atoms with Gasteiger partial charge >= 0.3 is 0 Å². The van der Waals surface area contributed by atoms with Crippen LogP contribution in [0.5, 0.6) is 11.5 Å². The van der Waals surface area contributed by atoms with E-state index in [1.165, 1.54) is 0 Å². The molecule has 0 aliphatic rings. The Morgan fingerprint density at radius 1 is 1.33 bits per heavy atom. The van der Waals surface area contributed by atoms with E-state index in [0.717, 1.165) is 18.7 Å². The summed E-state index contributed by atoms with van der Waals surface area (Å²) >= 11 is 0. The highest BCUT2D eigenvalue weighted by Crippen LogP contribution is 2.32. The summed E-state index contributed by atoms with van der Waals surface area (Å²) in [6.45, 7) is 9.99. The van der Waals surface area contributed by atoms with E-state index in [-0.39, 0.29) is 6.61 Å². The van der Waals surface area contributed by atoms with Gasteiger partial charge in [0.1, 0.15) is 6.61 Å². The van der Waals surface area contributed by atoms with Gasteiger partial charge in [0.2, 0.25) is 0 Å². The highest BCUT2D eigenvalue weighted by molar-refractivity contribution is 5.46. The lowest BCUT2D eigenvalue weighted by Crippen LogP contribution is -2.31. The fourth-order valence-corrected chi connectivity index (χ4v) is 1.85. The van der Waals surface area contributed by atoms with E-state index in [1.807, 2.05) is 25.1 Å². The van der Waals surface area contributed by atoms with Crippen LogP contribution in [-0.4, -0.2) is 31.0 Å². The largest absolute Gasteiger partial charge is 0.493 e. The number of rotatable bonds is 9. The molecule has 1 aromatic rings. The molecule has 1 rings (SSSR count). The van der Waals surface area contributed by atoms with Gasteiger partial charge in [-0.2, -0.15) is 0 Å². The van der Waals surface area contributed by atoms with Gasteiger partial charge in [-0.3, -0.25) is 0 Å². The number of methoxy groups -OCH3 is 1. The molecule has 4 heteroatoms. The van der Waals surface area contributed by atoms with E-state index in [1.54, 1.807) is 14.0 Å². The molecule has 1 aromatic carbocycles. The van der Waals surface area contributed by atoms with E-state index < -0.39 is 5.60 Å². The number of hydrogen-bond donors (Lipinski definition) is 2. The lowest BCUT2D eigenvalue weighted by atomic mass is 10.1. The third-order valence-electron chi connectivity index (χ3n) is 3.44. The first-order valence-electron chi connectivity index (χ1n) is 7.61.